The quantitative estimate of drug-likeness (QED) is 0.712. The lowest BCUT2D eigenvalue weighted by Gasteiger charge is -2.32. The zero-order valence-corrected chi connectivity index (χ0v) is 8.48. The van der Waals surface area contributed by atoms with E-state index in [0.29, 0.717) is 6.04 Å². The van der Waals surface area contributed by atoms with E-state index in [2.05, 4.69) is 27.2 Å². The van der Waals surface area contributed by atoms with Crippen LogP contribution in [0.3, 0.4) is 0 Å². The van der Waals surface area contributed by atoms with Gasteiger partial charge < -0.3 is 10.2 Å². The minimum Gasteiger partial charge on any atom is -0.314 e. The zero-order valence-electron chi connectivity index (χ0n) is 8.48. The van der Waals surface area contributed by atoms with Crippen molar-refractivity contribution in [2.75, 3.05) is 26.7 Å². The number of aromatic nitrogens is 2. The summed E-state index contributed by atoms with van der Waals surface area (Å²) in [6, 6.07) is 2.39. The third-order valence-corrected chi connectivity index (χ3v) is 2.68. The zero-order chi connectivity index (χ0) is 9.80. The van der Waals surface area contributed by atoms with Crippen LogP contribution in [0.1, 0.15) is 5.82 Å². The van der Waals surface area contributed by atoms with Gasteiger partial charge in [-0.1, -0.05) is 0 Å². The maximum Gasteiger partial charge on any atom is 0.129 e. The second-order valence-corrected chi connectivity index (χ2v) is 3.71. The van der Waals surface area contributed by atoms with Gasteiger partial charge >= 0.3 is 0 Å². The van der Waals surface area contributed by atoms with Gasteiger partial charge in [-0.2, -0.15) is 0 Å². The van der Waals surface area contributed by atoms with E-state index in [1.54, 1.807) is 12.4 Å². The Morgan fingerprint density at radius 2 is 2.29 bits per heavy atom. The summed E-state index contributed by atoms with van der Waals surface area (Å²) in [5, 5.41) is 3.39. The van der Waals surface area contributed by atoms with E-state index in [1.807, 2.05) is 6.07 Å². The highest BCUT2D eigenvalue weighted by atomic mass is 15.2. The highest BCUT2D eigenvalue weighted by Crippen LogP contribution is 2.04. The molecule has 1 aromatic heterocycles. The van der Waals surface area contributed by atoms with Gasteiger partial charge in [-0.05, 0) is 13.1 Å². The number of hydrogen-bond acceptors (Lipinski definition) is 4. The van der Waals surface area contributed by atoms with E-state index in [4.69, 9.17) is 0 Å². The van der Waals surface area contributed by atoms with Crippen LogP contribution in [-0.2, 0) is 6.42 Å². The highest BCUT2D eigenvalue weighted by molar-refractivity contribution is 4.93. The molecule has 1 fully saturated rings. The minimum atomic E-state index is 0.533. The van der Waals surface area contributed by atoms with Crippen molar-refractivity contribution in [1.29, 1.82) is 0 Å². The van der Waals surface area contributed by atoms with Crippen LogP contribution in [0.2, 0.25) is 0 Å². The number of rotatable bonds is 2. The van der Waals surface area contributed by atoms with Gasteiger partial charge in [-0.3, -0.25) is 0 Å². The largest absolute Gasteiger partial charge is 0.314 e. The highest BCUT2D eigenvalue weighted by Gasteiger charge is 2.19. The molecule has 0 amide bonds. The van der Waals surface area contributed by atoms with E-state index in [1.165, 1.54) is 0 Å². The third kappa shape index (κ3) is 2.27. The summed E-state index contributed by atoms with van der Waals surface area (Å²) in [7, 11) is 2.16. The van der Waals surface area contributed by atoms with Crippen LogP contribution >= 0.6 is 0 Å². The average molecular weight is 192 g/mol. The minimum absolute atomic E-state index is 0.533. The van der Waals surface area contributed by atoms with Gasteiger partial charge in [0.1, 0.15) is 5.82 Å². The molecule has 0 aliphatic carbocycles. The van der Waals surface area contributed by atoms with Gasteiger partial charge in [0.25, 0.3) is 0 Å². The maximum absolute atomic E-state index is 4.24. The Morgan fingerprint density at radius 3 is 3.00 bits per heavy atom. The van der Waals surface area contributed by atoms with Crippen molar-refractivity contribution >= 4 is 0 Å². The van der Waals surface area contributed by atoms with E-state index in [0.717, 1.165) is 31.9 Å². The molecule has 14 heavy (non-hydrogen) atoms. The summed E-state index contributed by atoms with van der Waals surface area (Å²) < 4.78 is 0. The molecule has 0 spiro atoms. The first-order valence-electron chi connectivity index (χ1n) is 5.03. The van der Waals surface area contributed by atoms with E-state index in [9.17, 15) is 0 Å². The Morgan fingerprint density at radius 1 is 1.50 bits per heavy atom. The Bertz CT molecular complexity index is 275. The number of nitrogens with one attached hydrogen (secondary N) is 1. The molecule has 1 N–H and O–H groups in total. The second-order valence-electron chi connectivity index (χ2n) is 3.71. The van der Waals surface area contributed by atoms with Crippen molar-refractivity contribution in [2.45, 2.75) is 12.5 Å². The van der Waals surface area contributed by atoms with Crippen molar-refractivity contribution in [3.63, 3.8) is 0 Å². The van der Waals surface area contributed by atoms with Crippen molar-refractivity contribution in [3.8, 4) is 0 Å². The van der Waals surface area contributed by atoms with Crippen LogP contribution < -0.4 is 5.32 Å². The molecule has 0 radical (unpaired) electrons. The van der Waals surface area contributed by atoms with E-state index >= 15 is 0 Å². The van der Waals surface area contributed by atoms with Gasteiger partial charge in [0.15, 0.2) is 0 Å². The number of likely N-dealkylation sites (N-methyl/N-ethyl adjacent to an activating group) is 1. The Kier molecular flexibility index (Phi) is 3.06. The van der Waals surface area contributed by atoms with Crippen molar-refractivity contribution < 1.29 is 0 Å². The van der Waals surface area contributed by atoms with Gasteiger partial charge in [0.05, 0.1) is 0 Å². The van der Waals surface area contributed by atoms with Crippen molar-refractivity contribution in [1.82, 2.24) is 20.2 Å². The standard InChI is InChI=1S/C10H16N4/c1-14-6-5-11-8-9(14)7-10-12-3-2-4-13-10/h2-4,9,11H,5-8H2,1H3. The van der Waals surface area contributed by atoms with Crippen LogP contribution in [0.15, 0.2) is 18.5 Å². The van der Waals surface area contributed by atoms with Crippen LogP contribution in [0, 0.1) is 0 Å². The Labute approximate surface area is 84.4 Å². The SMILES string of the molecule is CN1CCNCC1Cc1ncccn1. The fraction of sp³-hybridized carbons (Fsp3) is 0.600. The lowest BCUT2D eigenvalue weighted by molar-refractivity contribution is 0.197. The predicted octanol–water partition coefficient (Wildman–Crippen LogP) is -0.0773. The first-order valence-corrected chi connectivity index (χ1v) is 5.03. The smallest absolute Gasteiger partial charge is 0.129 e. The first-order chi connectivity index (χ1) is 6.86. The van der Waals surface area contributed by atoms with Crippen molar-refractivity contribution in [3.05, 3.63) is 24.3 Å². The molecule has 2 rings (SSSR count). The molecular weight excluding hydrogens is 176 g/mol. The van der Waals surface area contributed by atoms with Crippen LogP contribution in [0.5, 0.6) is 0 Å². The number of hydrogen-bond donors (Lipinski definition) is 1. The Balaban J connectivity index is 1.96. The molecule has 0 saturated carbocycles. The van der Waals surface area contributed by atoms with Gasteiger partial charge in [0, 0.05) is 44.5 Å². The number of nitrogens with zero attached hydrogens (tertiary/aromatic N) is 3. The van der Waals surface area contributed by atoms with Gasteiger partial charge in [-0.25, -0.2) is 9.97 Å². The summed E-state index contributed by atoms with van der Waals surface area (Å²) in [5.41, 5.74) is 0. The number of piperazine rings is 1. The molecule has 1 aromatic rings. The molecule has 4 nitrogen and oxygen atoms in total. The molecule has 0 aromatic carbocycles. The fourth-order valence-electron chi connectivity index (χ4n) is 1.74. The molecule has 1 saturated heterocycles. The molecular formula is C10H16N4. The molecule has 1 aliphatic heterocycles. The van der Waals surface area contributed by atoms with E-state index < -0.39 is 0 Å². The van der Waals surface area contributed by atoms with Crippen molar-refractivity contribution in [2.24, 2.45) is 0 Å². The van der Waals surface area contributed by atoms with Crippen LogP contribution in [-0.4, -0.2) is 47.6 Å². The topological polar surface area (TPSA) is 41.0 Å². The first kappa shape index (κ1) is 9.55. The summed E-state index contributed by atoms with van der Waals surface area (Å²) in [4.78, 5) is 10.9. The lowest BCUT2D eigenvalue weighted by Crippen LogP contribution is -2.50. The fourth-order valence-corrected chi connectivity index (χ4v) is 1.74. The predicted molar refractivity (Wildman–Crippen MR) is 55.0 cm³/mol. The normalized spacial score (nSPS) is 23.6. The molecule has 1 unspecified atom stereocenters. The molecule has 1 aliphatic rings. The maximum atomic E-state index is 4.24. The van der Waals surface area contributed by atoms with E-state index in [-0.39, 0.29) is 0 Å². The van der Waals surface area contributed by atoms with Crippen LogP contribution in [0.25, 0.3) is 0 Å². The molecule has 1 atom stereocenters. The average Bonchev–Trinajstić information content (AvgIpc) is 2.23. The van der Waals surface area contributed by atoms with Gasteiger partial charge in [0.2, 0.25) is 0 Å². The molecule has 2 heterocycles. The Hall–Kier alpha value is -1.00. The van der Waals surface area contributed by atoms with Gasteiger partial charge in [-0.15, -0.1) is 0 Å². The third-order valence-electron chi connectivity index (χ3n) is 2.68. The lowest BCUT2D eigenvalue weighted by atomic mass is 10.1. The van der Waals surface area contributed by atoms with Crippen LogP contribution in [0.4, 0.5) is 0 Å². The summed E-state index contributed by atoms with van der Waals surface area (Å²) in [6.45, 7) is 3.23. The molecule has 76 valence electrons. The summed E-state index contributed by atoms with van der Waals surface area (Å²) in [6.07, 6.45) is 4.54. The molecule has 4 heteroatoms. The molecule has 0 bridgehead atoms. The second kappa shape index (κ2) is 4.48. The monoisotopic (exact) mass is 192 g/mol. The summed E-state index contributed by atoms with van der Waals surface area (Å²) in [5.74, 6) is 0.938. The summed E-state index contributed by atoms with van der Waals surface area (Å²) >= 11 is 0.